The first kappa shape index (κ1) is 12.6. The van der Waals surface area contributed by atoms with Crippen LogP contribution in [0.5, 0.6) is 0 Å². The van der Waals surface area contributed by atoms with Crippen LogP contribution in [0.25, 0.3) is 0 Å². The molecule has 96 valence electrons. The lowest BCUT2D eigenvalue weighted by Gasteiger charge is -2.20. The van der Waals surface area contributed by atoms with E-state index in [1.165, 1.54) is 4.90 Å². The molecule has 2 amide bonds. The Bertz CT molecular complexity index is 517. The van der Waals surface area contributed by atoms with E-state index in [-0.39, 0.29) is 23.7 Å². The van der Waals surface area contributed by atoms with Crippen molar-refractivity contribution in [1.29, 1.82) is 0 Å². The number of carbonyl (C=O) groups is 2. The van der Waals surface area contributed by atoms with E-state index in [9.17, 15) is 9.59 Å². The highest BCUT2D eigenvalue weighted by Crippen LogP contribution is 2.36. The lowest BCUT2D eigenvalue weighted by molar-refractivity contribution is -0.122. The lowest BCUT2D eigenvalue weighted by atomic mass is 10.00. The number of benzene rings is 1. The number of nitrogens with two attached hydrogens (primary N) is 1. The number of hydrogen-bond acceptors (Lipinski definition) is 3. The van der Waals surface area contributed by atoms with Gasteiger partial charge in [0, 0.05) is 17.5 Å². The summed E-state index contributed by atoms with van der Waals surface area (Å²) < 4.78 is 0. The number of nitrogen functional groups attached to an aromatic ring is 1. The van der Waals surface area contributed by atoms with E-state index in [4.69, 9.17) is 5.73 Å². The molecular weight excluding hydrogens is 228 g/mol. The smallest absolute Gasteiger partial charge is 0.237 e. The molecule has 1 aromatic carbocycles. The molecule has 4 heteroatoms. The van der Waals surface area contributed by atoms with E-state index in [1.54, 1.807) is 19.9 Å². The maximum absolute atomic E-state index is 12.2. The third kappa shape index (κ3) is 1.60. The van der Waals surface area contributed by atoms with Crippen molar-refractivity contribution in [2.24, 2.45) is 11.8 Å². The third-order valence-electron chi connectivity index (χ3n) is 3.87. The Morgan fingerprint density at radius 1 is 1.06 bits per heavy atom. The van der Waals surface area contributed by atoms with Crippen molar-refractivity contribution in [3.8, 4) is 0 Å². The number of amides is 2. The maximum atomic E-state index is 12.2. The zero-order valence-corrected chi connectivity index (χ0v) is 11.2. The molecule has 0 aromatic heterocycles. The third-order valence-corrected chi connectivity index (χ3v) is 3.87. The second-order valence-corrected chi connectivity index (χ2v) is 5.03. The molecule has 1 heterocycles. The van der Waals surface area contributed by atoms with Crippen molar-refractivity contribution in [3.05, 3.63) is 23.3 Å². The first-order chi connectivity index (χ1) is 8.36. The summed E-state index contributed by atoms with van der Waals surface area (Å²) in [6.07, 6.45) is 0. The Morgan fingerprint density at radius 3 is 2.06 bits per heavy atom. The lowest BCUT2D eigenvalue weighted by Crippen LogP contribution is -2.32. The molecule has 2 N–H and O–H groups in total. The van der Waals surface area contributed by atoms with Crippen molar-refractivity contribution in [2.75, 3.05) is 10.6 Å². The molecule has 1 saturated heterocycles. The topological polar surface area (TPSA) is 63.4 Å². The van der Waals surface area contributed by atoms with Gasteiger partial charge in [-0.25, -0.2) is 4.90 Å². The zero-order valence-electron chi connectivity index (χ0n) is 11.2. The van der Waals surface area contributed by atoms with Gasteiger partial charge in [0.05, 0.1) is 5.69 Å². The molecule has 2 rings (SSSR count). The van der Waals surface area contributed by atoms with Gasteiger partial charge in [-0.3, -0.25) is 9.59 Å². The van der Waals surface area contributed by atoms with E-state index in [0.29, 0.717) is 11.4 Å². The molecule has 0 bridgehead atoms. The van der Waals surface area contributed by atoms with E-state index in [0.717, 1.165) is 11.1 Å². The highest BCUT2D eigenvalue weighted by atomic mass is 16.2. The molecule has 1 aromatic rings. The van der Waals surface area contributed by atoms with Crippen LogP contribution < -0.4 is 10.6 Å². The minimum Gasteiger partial charge on any atom is -0.398 e. The van der Waals surface area contributed by atoms with Crippen LogP contribution >= 0.6 is 0 Å². The van der Waals surface area contributed by atoms with Gasteiger partial charge in [-0.05, 0) is 31.0 Å². The second kappa shape index (κ2) is 4.12. The van der Waals surface area contributed by atoms with E-state index in [2.05, 4.69) is 0 Å². The average molecular weight is 246 g/mol. The van der Waals surface area contributed by atoms with Gasteiger partial charge < -0.3 is 5.73 Å². The van der Waals surface area contributed by atoms with Crippen molar-refractivity contribution in [3.63, 3.8) is 0 Å². The molecule has 0 spiro atoms. The molecule has 0 radical (unpaired) electrons. The highest BCUT2D eigenvalue weighted by Gasteiger charge is 2.44. The highest BCUT2D eigenvalue weighted by molar-refractivity contribution is 6.22. The summed E-state index contributed by atoms with van der Waals surface area (Å²) in [5.74, 6) is -0.802. The van der Waals surface area contributed by atoms with Crippen LogP contribution in [0.4, 0.5) is 11.4 Å². The maximum Gasteiger partial charge on any atom is 0.237 e. The first-order valence-electron chi connectivity index (χ1n) is 6.09. The normalized spacial score (nSPS) is 23.9. The van der Waals surface area contributed by atoms with Crippen LogP contribution in [0, 0.1) is 25.7 Å². The summed E-state index contributed by atoms with van der Waals surface area (Å²) in [5, 5.41) is 0. The minimum atomic E-state index is -0.266. The van der Waals surface area contributed by atoms with E-state index >= 15 is 0 Å². The Kier molecular flexibility index (Phi) is 2.89. The number of aryl methyl sites for hydroxylation is 1. The van der Waals surface area contributed by atoms with Crippen LogP contribution in [0.15, 0.2) is 12.1 Å². The summed E-state index contributed by atoms with van der Waals surface area (Å²) in [7, 11) is 0. The molecule has 0 saturated carbocycles. The van der Waals surface area contributed by atoms with Crippen molar-refractivity contribution in [1.82, 2.24) is 0 Å². The van der Waals surface area contributed by atoms with E-state index < -0.39 is 0 Å². The van der Waals surface area contributed by atoms with Crippen LogP contribution in [-0.2, 0) is 9.59 Å². The van der Waals surface area contributed by atoms with Gasteiger partial charge in [-0.1, -0.05) is 19.9 Å². The average Bonchev–Trinajstić information content (AvgIpc) is 2.52. The molecule has 2 atom stereocenters. The quantitative estimate of drug-likeness (QED) is 0.609. The number of imide groups is 1. The first-order valence-corrected chi connectivity index (χ1v) is 6.09. The molecule has 2 unspecified atom stereocenters. The van der Waals surface area contributed by atoms with Gasteiger partial charge in [-0.2, -0.15) is 0 Å². The molecule has 1 aliphatic heterocycles. The van der Waals surface area contributed by atoms with Gasteiger partial charge in [0.25, 0.3) is 0 Å². The fraction of sp³-hybridized carbons (Fsp3) is 0.429. The van der Waals surface area contributed by atoms with Crippen LogP contribution in [0.2, 0.25) is 0 Å². The molecule has 1 fully saturated rings. The number of nitrogens with zero attached hydrogens (tertiary/aromatic N) is 1. The van der Waals surface area contributed by atoms with Crippen LogP contribution in [0.1, 0.15) is 25.0 Å². The second-order valence-electron chi connectivity index (χ2n) is 5.03. The number of anilines is 2. The summed E-state index contributed by atoms with van der Waals surface area (Å²) >= 11 is 0. The van der Waals surface area contributed by atoms with Gasteiger partial charge in [0.1, 0.15) is 0 Å². The monoisotopic (exact) mass is 246 g/mol. The minimum absolute atomic E-state index is 0.135. The van der Waals surface area contributed by atoms with Crippen molar-refractivity contribution >= 4 is 23.2 Å². The van der Waals surface area contributed by atoms with Crippen LogP contribution in [0.3, 0.4) is 0 Å². The fourth-order valence-corrected chi connectivity index (χ4v) is 2.36. The predicted molar refractivity (Wildman–Crippen MR) is 71.1 cm³/mol. The summed E-state index contributed by atoms with van der Waals surface area (Å²) in [5.41, 5.74) is 8.81. The Hall–Kier alpha value is -1.84. The molecule has 4 nitrogen and oxygen atoms in total. The standard InChI is InChI=1S/C14H18N2O2/c1-7-5-6-11(15)10(4)12(7)16-13(17)8(2)9(3)14(16)18/h5-6,8-9H,15H2,1-4H3. The largest absolute Gasteiger partial charge is 0.398 e. The number of hydrogen-bond donors (Lipinski definition) is 1. The summed E-state index contributed by atoms with van der Waals surface area (Å²) in [6, 6.07) is 3.64. The van der Waals surface area contributed by atoms with Gasteiger partial charge in [-0.15, -0.1) is 0 Å². The number of rotatable bonds is 1. The zero-order chi connectivity index (χ0) is 13.6. The molecule has 18 heavy (non-hydrogen) atoms. The SMILES string of the molecule is Cc1ccc(N)c(C)c1N1C(=O)C(C)C(C)C1=O. The van der Waals surface area contributed by atoms with Gasteiger partial charge in [0.15, 0.2) is 0 Å². The predicted octanol–water partition coefficient (Wildman–Crippen LogP) is 2.03. The van der Waals surface area contributed by atoms with Gasteiger partial charge >= 0.3 is 0 Å². The molecule has 0 aliphatic carbocycles. The Labute approximate surface area is 107 Å². The molecule has 1 aliphatic rings. The van der Waals surface area contributed by atoms with E-state index in [1.807, 2.05) is 19.9 Å². The van der Waals surface area contributed by atoms with Crippen LogP contribution in [-0.4, -0.2) is 11.8 Å². The van der Waals surface area contributed by atoms with Gasteiger partial charge in [0.2, 0.25) is 11.8 Å². The summed E-state index contributed by atoms with van der Waals surface area (Å²) in [6.45, 7) is 7.31. The Balaban J connectivity index is 2.60. The van der Waals surface area contributed by atoms with Crippen molar-refractivity contribution < 1.29 is 9.59 Å². The summed E-state index contributed by atoms with van der Waals surface area (Å²) in [4.78, 5) is 25.7. The number of carbonyl (C=O) groups excluding carboxylic acids is 2. The molecular formula is C14H18N2O2. The van der Waals surface area contributed by atoms with Crippen molar-refractivity contribution in [2.45, 2.75) is 27.7 Å². The fourth-order valence-electron chi connectivity index (χ4n) is 2.36. The Morgan fingerprint density at radius 2 is 1.56 bits per heavy atom.